The van der Waals surface area contributed by atoms with Crippen molar-refractivity contribution in [2.75, 3.05) is 5.32 Å². The molecule has 2 aromatic carbocycles. The van der Waals surface area contributed by atoms with Crippen molar-refractivity contribution in [3.05, 3.63) is 71.6 Å². The van der Waals surface area contributed by atoms with E-state index in [-0.39, 0.29) is 5.91 Å². The lowest BCUT2D eigenvalue weighted by molar-refractivity contribution is 0.102. The summed E-state index contributed by atoms with van der Waals surface area (Å²) in [5.74, 6) is 0.351. The number of aromatic nitrogens is 1. The maximum Gasteiger partial charge on any atom is 0.261 e. The van der Waals surface area contributed by atoms with Crippen LogP contribution in [0.2, 0.25) is 0 Å². The molecular formula is C19H18N2O2S. The lowest BCUT2D eigenvalue weighted by Gasteiger charge is -2.10. The van der Waals surface area contributed by atoms with Crippen LogP contribution in [0.1, 0.15) is 28.7 Å². The van der Waals surface area contributed by atoms with Gasteiger partial charge in [0.2, 0.25) is 0 Å². The predicted octanol–water partition coefficient (Wildman–Crippen LogP) is 4.95. The van der Waals surface area contributed by atoms with Gasteiger partial charge in [-0.15, -0.1) is 0 Å². The first-order valence-corrected chi connectivity index (χ1v) is 8.59. The summed E-state index contributed by atoms with van der Waals surface area (Å²) in [6, 6.07) is 17.8. The van der Waals surface area contributed by atoms with Crippen molar-refractivity contribution in [1.29, 1.82) is 0 Å². The second-order valence-corrected chi connectivity index (χ2v) is 6.39. The summed E-state index contributed by atoms with van der Waals surface area (Å²) in [5.41, 5.74) is 1.98. The summed E-state index contributed by atoms with van der Waals surface area (Å²) in [4.78, 5) is 14.8. The molecule has 0 radical (unpaired) electrons. The number of aryl methyl sites for hydroxylation is 2. The molecule has 0 saturated heterocycles. The fraction of sp³-hybridized carbons (Fsp3) is 0.158. The van der Waals surface area contributed by atoms with Gasteiger partial charge in [0.05, 0.1) is 11.4 Å². The van der Waals surface area contributed by atoms with Crippen molar-refractivity contribution in [1.82, 2.24) is 5.16 Å². The standard InChI is InChI=1S/C19H18N2O2S/c1-3-15-18(13(2)23-21-15)19(22)20-16-11-7-8-12-17(16)24-14-9-5-4-6-10-14/h4-12H,3H2,1-2H3,(H,20,22). The normalized spacial score (nSPS) is 10.6. The van der Waals surface area contributed by atoms with Gasteiger partial charge in [0, 0.05) is 9.79 Å². The Balaban J connectivity index is 1.85. The molecule has 1 N–H and O–H groups in total. The summed E-state index contributed by atoms with van der Waals surface area (Å²) in [7, 11) is 0. The van der Waals surface area contributed by atoms with Gasteiger partial charge < -0.3 is 9.84 Å². The summed E-state index contributed by atoms with van der Waals surface area (Å²) in [6.45, 7) is 3.71. The quantitative estimate of drug-likeness (QED) is 0.715. The van der Waals surface area contributed by atoms with Gasteiger partial charge in [0.1, 0.15) is 11.3 Å². The Kier molecular flexibility index (Phi) is 5.01. The Bertz CT molecular complexity index is 844. The number of carbonyl (C=O) groups excluding carboxylic acids is 1. The number of hydrogen-bond donors (Lipinski definition) is 1. The van der Waals surface area contributed by atoms with Crippen LogP contribution in [0.5, 0.6) is 0 Å². The smallest absolute Gasteiger partial charge is 0.261 e. The van der Waals surface area contributed by atoms with Crippen molar-refractivity contribution >= 4 is 23.4 Å². The molecule has 24 heavy (non-hydrogen) atoms. The number of benzene rings is 2. The molecule has 1 heterocycles. The van der Waals surface area contributed by atoms with Gasteiger partial charge in [-0.1, -0.05) is 54.2 Å². The number of amides is 1. The Hall–Kier alpha value is -2.53. The van der Waals surface area contributed by atoms with Crippen LogP contribution in [0.3, 0.4) is 0 Å². The van der Waals surface area contributed by atoms with Crippen molar-refractivity contribution in [2.45, 2.75) is 30.1 Å². The predicted molar refractivity (Wildman–Crippen MR) is 95.6 cm³/mol. The second-order valence-electron chi connectivity index (χ2n) is 5.28. The molecule has 0 fully saturated rings. The van der Waals surface area contributed by atoms with Gasteiger partial charge in [-0.2, -0.15) is 0 Å². The van der Waals surface area contributed by atoms with E-state index in [0.717, 1.165) is 15.5 Å². The summed E-state index contributed by atoms with van der Waals surface area (Å²) in [6.07, 6.45) is 0.653. The topological polar surface area (TPSA) is 55.1 Å². The maximum atomic E-state index is 12.7. The average Bonchev–Trinajstić information content (AvgIpc) is 2.98. The van der Waals surface area contributed by atoms with Gasteiger partial charge in [-0.3, -0.25) is 4.79 Å². The molecule has 0 aliphatic carbocycles. The summed E-state index contributed by atoms with van der Waals surface area (Å²) >= 11 is 1.61. The minimum Gasteiger partial charge on any atom is -0.361 e. The van der Waals surface area contributed by atoms with Crippen LogP contribution in [0.4, 0.5) is 5.69 Å². The maximum absolute atomic E-state index is 12.7. The van der Waals surface area contributed by atoms with E-state index in [1.807, 2.05) is 61.5 Å². The first kappa shape index (κ1) is 16.3. The van der Waals surface area contributed by atoms with Crippen LogP contribution >= 0.6 is 11.8 Å². The van der Waals surface area contributed by atoms with Gasteiger partial charge in [0.25, 0.3) is 5.91 Å². The summed E-state index contributed by atoms with van der Waals surface area (Å²) in [5, 5.41) is 6.94. The van der Waals surface area contributed by atoms with E-state index in [2.05, 4.69) is 10.5 Å². The third-order valence-corrected chi connectivity index (χ3v) is 4.69. The zero-order valence-corrected chi connectivity index (χ0v) is 14.4. The lowest BCUT2D eigenvalue weighted by Crippen LogP contribution is -2.14. The number of nitrogens with one attached hydrogen (secondary N) is 1. The molecule has 4 nitrogen and oxygen atoms in total. The number of hydrogen-bond acceptors (Lipinski definition) is 4. The lowest BCUT2D eigenvalue weighted by atomic mass is 10.1. The number of anilines is 1. The Morgan fingerprint density at radius 3 is 2.58 bits per heavy atom. The molecule has 1 aromatic heterocycles. The van der Waals surface area contributed by atoms with Crippen molar-refractivity contribution < 1.29 is 9.32 Å². The van der Waals surface area contributed by atoms with Gasteiger partial charge in [0.15, 0.2) is 0 Å². The molecule has 3 rings (SSSR count). The Labute approximate surface area is 145 Å². The number of nitrogens with zero attached hydrogens (tertiary/aromatic N) is 1. The molecule has 0 saturated carbocycles. The van der Waals surface area contributed by atoms with Crippen molar-refractivity contribution in [3.63, 3.8) is 0 Å². The largest absolute Gasteiger partial charge is 0.361 e. The van der Waals surface area contributed by atoms with Crippen molar-refractivity contribution in [3.8, 4) is 0 Å². The number of para-hydroxylation sites is 1. The molecule has 0 bridgehead atoms. The number of carbonyl (C=O) groups is 1. The first-order chi connectivity index (χ1) is 11.7. The minimum absolute atomic E-state index is 0.188. The molecule has 0 aliphatic rings. The molecule has 0 atom stereocenters. The van der Waals surface area contributed by atoms with Gasteiger partial charge in [-0.25, -0.2) is 0 Å². The fourth-order valence-corrected chi connectivity index (χ4v) is 3.33. The SMILES string of the molecule is CCc1noc(C)c1C(=O)Nc1ccccc1Sc1ccccc1. The van der Waals surface area contributed by atoms with Crippen LogP contribution in [-0.4, -0.2) is 11.1 Å². The second kappa shape index (κ2) is 7.36. The monoisotopic (exact) mass is 338 g/mol. The fourth-order valence-electron chi connectivity index (χ4n) is 2.41. The highest BCUT2D eigenvalue weighted by atomic mass is 32.2. The van der Waals surface area contributed by atoms with Crippen LogP contribution in [-0.2, 0) is 6.42 Å². The number of rotatable bonds is 5. The van der Waals surface area contributed by atoms with E-state index < -0.39 is 0 Å². The molecule has 0 unspecified atom stereocenters. The minimum atomic E-state index is -0.188. The molecule has 3 aromatic rings. The van der Waals surface area contributed by atoms with E-state index in [0.29, 0.717) is 23.4 Å². The molecule has 5 heteroatoms. The zero-order valence-electron chi connectivity index (χ0n) is 13.6. The Morgan fingerprint density at radius 1 is 1.12 bits per heavy atom. The molecule has 1 amide bonds. The zero-order chi connectivity index (χ0) is 16.9. The Morgan fingerprint density at radius 2 is 1.83 bits per heavy atom. The highest BCUT2D eigenvalue weighted by Crippen LogP contribution is 2.33. The van der Waals surface area contributed by atoms with E-state index in [1.54, 1.807) is 18.7 Å². The third-order valence-electron chi connectivity index (χ3n) is 3.60. The first-order valence-electron chi connectivity index (χ1n) is 7.77. The van der Waals surface area contributed by atoms with Crippen LogP contribution < -0.4 is 5.32 Å². The molecule has 122 valence electrons. The van der Waals surface area contributed by atoms with E-state index >= 15 is 0 Å². The van der Waals surface area contributed by atoms with Crippen LogP contribution in [0.25, 0.3) is 0 Å². The van der Waals surface area contributed by atoms with E-state index in [4.69, 9.17) is 4.52 Å². The molecular weight excluding hydrogens is 320 g/mol. The highest BCUT2D eigenvalue weighted by Gasteiger charge is 2.20. The van der Waals surface area contributed by atoms with Crippen LogP contribution in [0.15, 0.2) is 68.9 Å². The van der Waals surface area contributed by atoms with Crippen LogP contribution in [0, 0.1) is 6.92 Å². The van der Waals surface area contributed by atoms with Crippen molar-refractivity contribution in [2.24, 2.45) is 0 Å². The third kappa shape index (κ3) is 3.51. The molecule has 0 spiro atoms. The highest BCUT2D eigenvalue weighted by molar-refractivity contribution is 7.99. The average molecular weight is 338 g/mol. The molecule has 0 aliphatic heterocycles. The van der Waals surface area contributed by atoms with E-state index in [9.17, 15) is 4.79 Å². The van der Waals surface area contributed by atoms with Gasteiger partial charge in [-0.05, 0) is 37.6 Å². The van der Waals surface area contributed by atoms with Gasteiger partial charge >= 0.3 is 0 Å². The summed E-state index contributed by atoms with van der Waals surface area (Å²) < 4.78 is 5.16. The van der Waals surface area contributed by atoms with E-state index in [1.165, 1.54) is 0 Å².